The van der Waals surface area contributed by atoms with Gasteiger partial charge in [-0.3, -0.25) is 4.68 Å². The second-order valence-electron chi connectivity index (χ2n) is 9.88. The number of hydrogen-bond acceptors (Lipinski definition) is 4. The van der Waals surface area contributed by atoms with Crippen LogP contribution in [0.5, 0.6) is 0 Å². The van der Waals surface area contributed by atoms with Gasteiger partial charge in [0.05, 0.1) is 12.2 Å². The molecule has 0 amide bonds. The molecule has 0 bridgehead atoms. The van der Waals surface area contributed by atoms with E-state index in [2.05, 4.69) is 30.5 Å². The molecule has 3 saturated carbocycles. The van der Waals surface area contributed by atoms with Crippen LogP contribution in [0.3, 0.4) is 0 Å². The third kappa shape index (κ3) is 3.17. The molecule has 27 heavy (non-hydrogen) atoms. The summed E-state index contributed by atoms with van der Waals surface area (Å²) in [4.78, 5) is 4.04. The first-order chi connectivity index (χ1) is 12.8. The molecule has 1 heterocycles. The van der Waals surface area contributed by atoms with Gasteiger partial charge >= 0.3 is 0 Å². The lowest BCUT2D eigenvalue weighted by atomic mass is 9.51. The normalized spacial score (nSPS) is 45.0. The summed E-state index contributed by atoms with van der Waals surface area (Å²) in [6.07, 6.45) is 10.9. The van der Waals surface area contributed by atoms with Crippen molar-refractivity contribution in [1.82, 2.24) is 14.8 Å². The molecule has 4 rings (SSSR count). The average Bonchev–Trinajstić information content (AvgIpc) is 3.25. The number of aryl methyl sites for hydroxylation is 1. The molecule has 0 unspecified atom stereocenters. The van der Waals surface area contributed by atoms with E-state index in [1.165, 1.54) is 5.57 Å². The summed E-state index contributed by atoms with van der Waals surface area (Å²) < 4.78 is 1.89. The van der Waals surface area contributed by atoms with Crippen LogP contribution in [0, 0.1) is 28.6 Å². The Bertz CT molecular complexity index is 675. The molecule has 0 aliphatic heterocycles. The van der Waals surface area contributed by atoms with Crippen molar-refractivity contribution < 1.29 is 10.2 Å². The van der Waals surface area contributed by atoms with E-state index in [0.29, 0.717) is 17.8 Å². The number of aliphatic hydroxyl groups is 2. The quantitative estimate of drug-likeness (QED) is 0.792. The number of fused-ring (bicyclic) bond motifs is 1. The molecule has 1 aromatic heterocycles. The van der Waals surface area contributed by atoms with Gasteiger partial charge in [0.1, 0.15) is 12.7 Å². The smallest absolute Gasteiger partial charge is 0.137 e. The molecule has 0 aromatic carbocycles. The molecule has 0 spiro atoms. The zero-order valence-corrected chi connectivity index (χ0v) is 16.8. The Morgan fingerprint density at radius 1 is 1.19 bits per heavy atom. The first kappa shape index (κ1) is 19.1. The van der Waals surface area contributed by atoms with Crippen molar-refractivity contribution in [2.24, 2.45) is 28.6 Å². The maximum absolute atomic E-state index is 11.4. The summed E-state index contributed by atoms with van der Waals surface area (Å²) >= 11 is 0. The van der Waals surface area contributed by atoms with Crippen molar-refractivity contribution in [1.29, 1.82) is 0 Å². The van der Waals surface area contributed by atoms with Crippen LogP contribution < -0.4 is 0 Å². The Morgan fingerprint density at radius 3 is 2.74 bits per heavy atom. The monoisotopic (exact) mass is 373 g/mol. The summed E-state index contributed by atoms with van der Waals surface area (Å²) in [5.41, 5.74) is 1.54. The van der Waals surface area contributed by atoms with Gasteiger partial charge in [-0.1, -0.05) is 26.0 Å². The summed E-state index contributed by atoms with van der Waals surface area (Å²) in [5, 5.41) is 26.0. The molecule has 2 N–H and O–H groups in total. The Labute approximate surface area is 162 Å². The highest BCUT2D eigenvalue weighted by Crippen LogP contribution is 2.61. The van der Waals surface area contributed by atoms with Gasteiger partial charge in [0, 0.05) is 6.54 Å². The van der Waals surface area contributed by atoms with Gasteiger partial charge in [-0.15, -0.1) is 0 Å². The van der Waals surface area contributed by atoms with Crippen LogP contribution >= 0.6 is 0 Å². The predicted molar refractivity (Wildman–Crippen MR) is 105 cm³/mol. The van der Waals surface area contributed by atoms with Crippen LogP contribution in [-0.2, 0) is 6.54 Å². The van der Waals surface area contributed by atoms with Crippen molar-refractivity contribution in [3.05, 3.63) is 24.8 Å². The molecule has 3 fully saturated rings. The zero-order valence-electron chi connectivity index (χ0n) is 16.8. The Morgan fingerprint density at radius 2 is 2.00 bits per heavy atom. The van der Waals surface area contributed by atoms with E-state index in [4.69, 9.17) is 0 Å². The Kier molecular flexibility index (Phi) is 4.96. The van der Waals surface area contributed by atoms with Gasteiger partial charge in [-0.25, -0.2) is 4.98 Å². The lowest BCUT2D eigenvalue weighted by Gasteiger charge is -2.55. The summed E-state index contributed by atoms with van der Waals surface area (Å²) in [6.45, 7) is 9.85. The number of nitrogens with zero attached hydrogens (tertiary/aromatic N) is 3. The first-order valence-electron chi connectivity index (χ1n) is 10.7. The lowest BCUT2D eigenvalue weighted by Crippen LogP contribution is -2.52. The van der Waals surface area contributed by atoms with E-state index in [9.17, 15) is 10.2 Å². The van der Waals surface area contributed by atoms with Crippen molar-refractivity contribution >= 4 is 0 Å². The largest absolute Gasteiger partial charge is 0.393 e. The molecule has 7 atom stereocenters. The number of hydrogen-bond donors (Lipinski definition) is 2. The van der Waals surface area contributed by atoms with Crippen molar-refractivity contribution in [2.75, 3.05) is 0 Å². The molecule has 3 aliphatic carbocycles. The molecular weight excluding hydrogens is 338 g/mol. The highest BCUT2D eigenvalue weighted by atomic mass is 16.3. The molecule has 0 radical (unpaired) electrons. The summed E-state index contributed by atoms with van der Waals surface area (Å²) in [7, 11) is 0. The van der Waals surface area contributed by atoms with Crippen molar-refractivity contribution in [3.8, 4) is 0 Å². The Hall–Kier alpha value is -1.20. The Balaban J connectivity index is 1.54. The molecule has 5 heteroatoms. The average molecular weight is 374 g/mol. The van der Waals surface area contributed by atoms with Crippen LogP contribution in [0.1, 0.15) is 65.2 Å². The van der Waals surface area contributed by atoms with Crippen LogP contribution in [0.15, 0.2) is 24.8 Å². The molecule has 1 aromatic rings. The number of rotatable bonds is 4. The van der Waals surface area contributed by atoms with Crippen LogP contribution in [0.4, 0.5) is 0 Å². The minimum absolute atomic E-state index is 0.0739. The SMILES string of the molecule is C=C1CC[C@H]2[C@H](O)[C@@H]([C@@]3(C)CC[C@H](O)C[C@@H]3CCn3cncn3)CC[C@]12C. The first-order valence-corrected chi connectivity index (χ1v) is 10.7. The molecule has 5 nitrogen and oxygen atoms in total. The third-order valence-electron chi connectivity index (χ3n) is 8.71. The van der Waals surface area contributed by atoms with Gasteiger partial charge in [-0.2, -0.15) is 5.10 Å². The van der Waals surface area contributed by atoms with E-state index in [1.54, 1.807) is 12.7 Å². The minimum Gasteiger partial charge on any atom is -0.393 e. The van der Waals surface area contributed by atoms with Gasteiger partial charge in [0.15, 0.2) is 0 Å². The molecule has 0 saturated heterocycles. The fourth-order valence-electron chi connectivity index (χ4n) is 6.70. The summed E-state index contributed by atoms with van der Waals surface area (Å²) in [6, 6.07) is 0. The second-order valence-corrected chi connectivity index (χ2v) is 9.88. The fraction of sp³-hybridized carbons (Fsp3) is 0.818. The van der Waals surface area contributed by atoms with E-state index in [0.717, 1.165) is 57.9 Å². The number of aliphatic hydroxyl groups excluding tert-OH is 2. The lowest BCUT2D eigenvalue weighted by molar-refractivity contribution is -0.120. The van der Waals surface area contributed by atoms with E-state index < -0.39 is 0 Å². The van der Waals surface area contributed by atoms with Gasteiger partial charge < -0.3 is 10.2 Å². The third-order valence-corrected chi connectivity index (χ3v) is 8.71. The molecule has 150 valence electrons. The van der Waals surface area contributed by atoms with Crippen LogP contribution in [-0.4, -0.2) is 37.2 Å². The minimum atomic E-state index is -0.253. The van der Waals surface area contributed by atoms with Crippen LogP contribution in [0.2, 0.25) is 0 Å². The van der Waals surface area contributed by atoms with Crippen LogP contribution in [0.25, 0.3) is 0 Å². The second kappa shape index (κ2) is 7.00. The standard InChI is InChI=1S/C22H35N3O2/c1-15-4-5-18-20(27)19(7-10-21(15,18)2)22(3)9-6-17(26)12-16(22)8-11-25-14-23-13-24-25/h13-14,16-20,26-27H,1,4-12H2,2-3H3/t16-,17-,18-,19-,20-,21+,22-/m0/s1. The van der Waals surface area contributed by atoms with Gasteiger partial charge in [0.2, 0.25) is 0 Å². The maximum atomic E-state index is 11.4. The predicted octanol–water partition coefficient (Wildman–Crippen LogP) is 3.58. The topological polar surface area (TPSA) is 71.2 Å². The van der Waals surface area contributed by atoms with E-state index in [-0.39, 0.29) is 23.0 Å². The molecule has 3 aliphatic rings. The fourth-order valence-corrected chi connectivity index (χ4v) is 6.70. The number of aromatic nitrogens is 3. The summed E-state index contributed by atoms with van der Waals surface area (Å²) in [5.74, 6) is 1.07. The van der Waals surface area contributed by atoms with Gasteiger partial charge in [0.25, 0.3) is 0 Å². The highest BCUT2D eigenvalue weighted by Gasteiger charge is 2.56. The zero-order chi connectivity index (χ0) is 19.2. The van der Waals surface area contributed by atoms with E-state index >= 15 is 0 Å². The van der Waals surface area contributed by atoms with E-state index in [1.807, 2.05) is 4.68 Å². The number of allylic oxidation sites excluding steroid dienone is 1. The van der Waals surface area contributed by atoms with Gasteiger partial charge in [-0.05, 0) is 80.0 Å². The maximum Gasteiger partial charge on any atom is 0.137 e. The highest BCUT2D eigenvalue weighted by molar-refractivity contribution is 5.21. The van der Waals surface area contributed by atoms with Crippen molar-refractivity contribution in [2.45, 2.75) is 84.0 Å². The van der Waals surface area contributed by atoms with Crippen molar-refractivity contribution in [3.63, 3.8) is 0 Å². The molecular formula is C22H35N3O2.